The number of nitrogens with zero attached hydrogens (tertiary/aromatic N) is 1. The number of amides is 1. The van der Waals surface area contributed by atoms with Crippen LogP contribution in [0.3, 0.4) is 0 Å². The van der Waals surface area contributed by atoms with E-state index in [1.54, 1.807) is 4.90 Å². The lowest BCUT2D eigenvalue weighted by Crippen LogP contribution is -3.22. The number of rotatable bonds is 5. The third kappa shape index (κ3) is 4.18. The Morgan fingerprint density at radius 3 is 2.46 bits per heavy atom. The Morgan fingerprint density at radius 1 is 1.15 bits per heavy atom. The van der Waals surface area contributed by atoms with Gasteiger partial charge in [0.15, 0.2) is 0 Å². The number of piperidine rings is 1. The second kappa shape index (κ2) is 8.35. The van der Waals surface area contributed by atoms with E-state index in [1.165, 1.54) is 69.8 Å². The molecule has 1 amide bonds. The molecular weight excluding hydrogens is 354 g/mol. The normalized spacial score (nSPS) is 20.5. The first-order valence-corrected chi connectivity index (χ1v) is 9.97. The van der Waals surface area contributed by atoms with Crippen molar-refractivity contribution < 1.29 is 14.6 Å². The van der Waals surface area contributed by atoms with Crippen molar-refractivity contribution in [2.24, 2.45) is 0 Å². The van der Waals surface area contributed by atoms with Crippen LogP contribution < -0.4 is 10.2 Å². The largest absolute Gasteiger partial charge is 0.346 e. The van der Waals surface area contributed by atoms with Crippen molar-refractivity contribution in [3.8, 4) is 0 Å². The molecule has 1 heterocycles. The van der Waals surface area contributed by atoms with E-state index >= 15 is 0 Å². The van der Waals surface area contributed by atoms with Gasteiger partial charge in [0.25, 0.3) is 11.6 Å². The maximum absolute atomic E-state index is 12.7. The van der Waals surface area contributed by atoms with E-state index in [9.17, 15) is 14.9 Å². The van der Waals surface area contributed by atoms with Gasteiger partial charge in [-0.25, -0.2) is 0 Å². The fraction of sp³-hybridized carbons (Fsp3) is 0.632. The number of nitro benzene ring substituents is 1. The summed E-state index contributed by atoms with van der Waals surface area (Å²) in [5, 5.41) is 14.3. The van der Waals surface area contributed by atoms with Crippen LogP contribution in [0.5, 0.6) is 0 Å². The van der Waals surface area contributed by atoms with Crippen LogP contribution in [0.15, 0.2) is 18.2 Å². The minimum atomic E-state index is -0.506. The van der Waals surface area contributed by atoms with Crippen molar-refractivity contribution in [1.82, 2.24) is 5.32 Å². The minimum Gasteiger partial charge on any atom is -0.346 e. The van der Waals surface area contributed by atoms with E-state index in [0.29, 0.717) is 6.54 Å². The highest BCUT2D eigenvalue weighted by Gasteiger charge is 2.42. The molecule has 1 saturated heterocycles. The van der Waals surface area contributed by atoms with Gasteiger partial charge in [0.2, 0.25) is 0 Å². The molecule has 0 aromatic heterocycles. The number of hydrogen-bond acceptors (Lipinski definition) is 3. The van der Waals surface area contributed by atoms with Gasteiger partial charge in [-0.05, 0) is 38.2 Å². The molecule has 0 radical (unpaired) electrons. The van der Waals surface area contributed by atoms with Crippen molar-refractivity contribution in [3.63, 3.8) is 0 Å². The van der Waals surface area contributed by atoms with Crippen LogP contribution in [-0.4, -0.2) is 36.0 Å². The molecule has 0 spiro atoms. The van der Waals surface area contributed by atoms with Gasteiger partial charge in [0, 0.05) is 25.0 Å². The number of carbonyl (C=O) groups excluding carboxylic acids is 1. The molecule has 1 aromatic carbocycles. The Bertz CT molecular complexity index is 668. The third-order valence-corrected chi connectivity index (χ3v) is 6.34. The monoisotopic (exact) mass is 380 g/mol. The summed E-state index contributed by atoms with van der Waals surface area (Å²) in [4.78, 5) is 24.8. The zero-order valence-corrected chi connectivity index (χ0v) is 15.8. The molecule has 0 bridgehead atoms. The highest BCUT2D eigenvalue weighted by Crippen LogP contribution is 2.27. The molecular formula is C19H27ClN3O3+. The zero-order chi connectivity index (χ0) is 18.6. The summed E-state index contributed by atoms with van der Waals surface area (Å²) >= 11 is 6.11. The lowest BCUT2D eigenvalue weighted by atomic mass is 9.79. The number of carbonyl (C=O) groups is 1. The molecule has 1 aromatic rings. The number of non-ortho nitro benzene ring substituents is 1. The van der Waals surface area contributed by atoms with Crippen LogP contribution in [0.4, 0.5) is 5.69 Å². The predicted octanol–water partition coefficient (Wildman–Crippen LogP) is 2.75. The summed E-state index contributed by atoms with van der Waals surface area (Å²) in [6, 6.07) is 4.00. The quantitative estimate of drug-likeness (QED) is 0.609. The van der Waals surface area contributed by atoms with Gasteiger partial charge in [-0.15, -0.1) is 0 Å². The van der Waals surface area contributed by atoms with Gasteiger partial charge in [0.05, 0.1) is 35.1 Å². The third-order valence-electron chi connectivity index (χ3n) is 6.01. The summed E-state index contributed by atoms with van der Waals surface area (Å²) in [6.07, 6.45) is 9.74. The van der Waals surface area contributed by atoms with Crippen molar-refractivity contribution >= 4 is 23.2 Å². The molecule has 2 fully saturated rings. The Morgan fingerprint density at radius 2 is 1.81 bits per heavy atom. The SMILES string of the molecule is O=C(NCC1([NH+]2CCCCC2)CCCCC1)c1cc([N+](=O)[O-])ccc1Cl. The van der Waals surface area contributed by atoms with E-state index in [2.05, 4.69) is 5.32 Å². The van der Waals surface area contributed by atoms with Crippen LogP contribution in [0.2, 0.25) is 5.02 Å². The fourth-order valence-corrected chi connectivity index (χ4v) is 4.74. The Labute approximate surface area is 159 Å². The lowest BCUT2D eigenvalue weighted by molar-refractivity contribution is -0.957. The number of benzene rings is 1. The maximum Gasteiger partial charge on any atom is 0.270 e. The van der Waals surface area contributed by atoms with Gasteiger partial charge in [0.1, 0.15) is 5.54 Å². The molecule has 0 atom stereocenters. The van der Waals surface area contributed by atoms with Crippen molar-refractivity contribution in [2.45, 2.75) is 56.9 Å². The summed E-state index contributed by atoms with van der Waals surface area (Å²) in [6.45, 7) is 2.96. The number of likely N-dealkylation sites (tertiary alicyclic amines) is 1. The second-order valence-electron chi connectivity index (χ2n) is 7.61. The second-order valence-corrected chi connectivity index (χ2v) is 8.02. The fourth-order valence-electron chi connectivity index (χ4n) is 4.54. The summed E-state index contributed by atoms with van der Waals surface area (Å²) < 4.78 is 0. The van der Waals surface area contributed by atoms with Crippen molar-refractivity contribution in [3.05, 3.63) is 38.9 Å². The first-order valence-electron chi connectivity index (χ1n) is 9.59. The predicted molar refractivity (Wildman–Crippen MR) is 101 cm³/mol. The molecule has 1 aliphatic carbocycles. The Kier molecular flexibility index (Phi) is 6.14. The molecule has 6 nitrogen and oxygen atoms in total. The highest BCUT2D eigenvalue weighted by molar-refractivity contribution is 6.33. The Hall–Kier alpha value is -1.66. The van der Waals surface area contributed by atoms with Gasteiger partial charge < -0.3 is 10.2 Å². The molecule has 2 N–H and O–H groups in total. The lowest BCUT2D eigenvalue weighted by Gasteiger charge is -2.45. The van der Waals surface area contributed by atoms with Crippen molar-refractivity contribution in [1.29, 1.82) is 0 Å². The molecule has 7 heteroatoms. The van der Waals surface area contributed by atoms with Crippen molar-refractivity contribution in [2.75, 3.05) is 19.6 Å². The summed E-state index contributed by atoms with van der Waals surface area (Å²) in [5.74, 6) is -0.319. The number of halogens is 1. The maximum atomic E-state index is 12.7. The summed E-state index contributed by atoms with van der Waals surface area (Å²) in [7, 11) is 0. The van der Waals surface area contributed by atoms with Gasteiger partial charge in [-0.3, -0.25) is 14.9 Å². The van der Waals surface area contributed by atoms with Crippen LogP contribution in [-0.2, 0) is 0 Å². The van der Waals surface area contributed by atoms with E-state index in [1.807, 2.05) is 0 Å². The van der Waals surface area contributed by atoms with Crippen LogP contribution >= 0.6 is 11.6 Å². The smallest absolute Gasteiger partial charge is 0.270 e. The average Bonchev–Trinajstić information content (AvgIpc) is 2.67. The molecule has 1 saturated carbocycles. The van der Waals surface area contributed by atoms with Crippen LogP contribution in [0, 0.1) is 10.1 Å². The topological polar surface area (TPSA) is 76.7 Å². The van der Waals surface area contributed by atoms with E-state index < -0.39 is 4.92 Å². The number of nitro groups is 1. The standard InChI is InChI=1S/C19H26ClN3O3/c20-17-8-7-15(23(25)26)13-16(17)18(24)21-14-19(9-3-1-4-10-19)22-11-5-2-6-12-22/h7-8,13H,1-6,9-12,14H2,(H,21,24)/p+1. The number of hydrogen-bond donors (Lipinski definition) is 2. The Balaban J connectivity index is 1.73. The van der Waals surface area contributed by atoms with Gasteiger partial charge in [-0.1, -0.05) is 18.0 Å². The van der Waals surface area contributed by atoms with Crippen LogP contribution in [0.1, 0.15) is 61.7 Å². The highest BCUT2D eigenvalue weighted by atomic mass is 35.5. The molecule has 2 aliphatic rings. The molecule has 1 aliphatic heterocycles. The number of quaternary nitrogens is 1. The van der Waals surface area contributed by atoms with Crippen LogP contribution in [0.25, 0.3) is 0 Å². The van der Waals surface area contributed by atoms with E-state index in [0.717, 1.165) is 12.8 Å². The first kappa shape index (κ1) is 19.1. The van der Waals surface area contributed by atoms with E-state index in [-0.39, 0.29) is 27.7 Å². The molecule has 26 heavy (non-hydrogen) atoms. The van der Waals surface area contributed by atoms with E-state index in [4.69, 9.17) is 11.6 Å². The number of nitrogens with one attached hydrogen (secondary N) is 2. The molecule has 142 valence electrons. The van der Waals surface area contributed by atoms with Gasteiger partial charge in [-0.2, -0.15) is 0 Å². The summed E-state index contributed by atoms with van der Waals surface area (Å²) in [5.41, 5.74) is 0.163. The molecule has 0 unspecified atom stereocenters. The molecule has 3 rings (SSSR count). The van der Waals surface area contributed by atoms with Gasteiger partial charge >= 0.3 is 0 Å². The average molecular weight is 381 g/mol. The minimum absolute atomic E-state index is 0.0987. The zero-order valence-electron chi connectivity index (χ0n) is 15.1. The first-order chi connectivity index (χ1) is 12.5.